The van der Waals surface area contributed by atoms with Gasteiger partial charge in [0.2, 0.25) is 0 Å². The maximum Gasteiger partial charge on any atom is 0.0468 e. The zero-order chi connectivity index (χ0) is 11.5. The molecule has 0 spiro atoms. The van der Waals surface area contributed by atoms with Crippen molar-refractivity contribution in [1.29, 1.82) is 0 Å². The van der Waals surface area contributed by atoms with Crippen molar-refractivity contribution in [3.63, 3.8) is 0 Å². The number of nitrogens with two attached hydrogens (primary N) is 1. The lowest BCUT2D eigenvalue weighted by atomic mass is 9.92. The van der Waals surface area contributed by atoms with E-state index in [0.717, 1.165) is 25.6 Å². The first-order valence-electron chi connectivity index (χ1n) is 6.07. The van der Waals surface area contributed by atoms with Gasteiger partial charge in [-0.15, -0.1) is 11.3 Å². The van der Waals surface area contributed by atoms with Crippen LogP contribution in [0.5, 0.6) is 0 Å². The minimum Gasteiger partial charge on any atom is -0.381 e. The van der Waals surface area contributed by atoms with E-state index in [1.807, 2.05) is 11.3 Å². The molecule has 1 unspecified atom stereocenters. The molecule has 0 aliphatic carbocycles. The molecule has 0 radical (unpaired) electrons. The predicted octanol–water partition coefficient (Wildman–Crippen LogP) is 3.18. The summed E-state index contributed by atoms with van der Waals surface area (Å²) < 4.78 is 5.37. The Morgan fingerprint density at radius 3 is 2.69 bits per heavy atom. The van der Waals surface area contributed by atoms with Crippen LogP contribution in [0.15, 0.2) is 6.07 Å². The number of aryl methyl sites for hydroxylation is 2. The third-order valence-electron chi connectivity index (χ3n) is 3.48. The highest BCUT2D eigenvalue weighted by Gasteiger charge is 2.19. The SMILES string of the molecule is Cc1cc(C(N)CC2CCOCC2)sc1C. The molecule has 1 aliphatic rings. The summed E-state index contributed by atoms with van der Waals surface area (Å²) >= 11 is 1.85. The molecule has 16 heavy (non-hydrogen) atoms. The Bertz CT molecular complexity index is 322. The van der Waals surface area contributed by atoms with Crippen molar-refractivity contribution in [2.45, 2.75) is 39.2 Å². The predicted molar refractivity (Wildman–Crippen MR) is 68.9 cm³/mol. The second kappa shape index (κ2) is 5.30. The molecule has 0 saturated carbocycles. The molecule has 2 nitrogen and oxygen atoms in total. The normalized spacial score (nSPS) is 19.9. The van der Waals surface area contributed by atoms with E-state index >= 15 is 0 Å². The molecule has 0 bridgehead atoms. The summed E-state index contributed by atoms with van der Waals surface area (Å²) in [6.07, 6.45) is 3.47. The Labute approximate surface area is 102 Å². The topological polar surface area (TPSA) is 35.2 Å². The molecule has 2 heterocycles. The summed E-state index contributed by atoms with van der Waals surface area (Å²) in [7, 11) is 0. The lowest BCUT2D eigenvalue weighted by Gasteiger charge is -2.24. The zero-order valence-corrected chi connectivity index (χ0v) is 11.0. The first-order valence-corrected chi connectivity index (χ1v) is 6.88. The van der Waals surface area contributed by atoms with Gasteiger partial charge in [-0.1, -0.05) is 0 Å². The third kappa shape index (κ3) is 2.84. The smallest absolute Gasteiger partial charge is 0.0468 e. The van der Waals surface area contributed by atoms with E-state index in [-0.39, 0.29) is 6.04 Å². The molecule has 1 aromatic rings. The Balaban J connectivity index is 1.93. The van der Waals surface area contributed by atoms with Crippen LogP contribution < -0.4 is 5.73 Å². The molecule has 1 atom stereocenters. The molecule has 1 fully saturated rings. The van der Waals surface area contributed by atoms with Gasteiger partial charge >= 0.3 is 0 Å². The van der Waals surface area contributed by atoms with Gasteiger partial charge in [0.25, 0.3) is 0 Å². The van der Waals surface area contributed by atoms with Gasteiger partial charge in [-0.25, -0.2) is 0 Å². The highest BCUT2D eigenvalue weighted by Crippen LogP contribution is 2.31. The molecule has 3 heteroatoms. The average molecular weight is 239 g/mol. The number of hydrogen-bond acceptors (Lipinski definition) is 3. The van der Waals surface area contributed by atoms with Gasteiger partial charge in [0.1, 0.15) is 0 Å². The number of rotatable bonds is 3. The van der Waals surface area contributed by atoms with Crippen LogP contribution in [0.3, 0.4) is 0 Å². The van der Waals surface area contributed by atoms with E-state index in [1.54, 1.807) is 0 Å². The summed E-state index contributed by atoms with van der Waals surface area (Å²) in [4.78, 5) is 2.75. The van der Waals surface area contributed by atoms with Crippen molar-refractivity contribution in [2.24, 2.45) is 11.7 Å². The molecule has 90 valence electrons. The van der Waals surface area contributed by atoms with Crippen LogP contribution in [-0.4, -0.2) is 13.2 Å². The molecule has 0 amide bonds. The minimum absolute atomic E-state index is 0.223. The lowest BCUT2D eigenvalue weighted by Crippen LogP contribution is -2.21. The van der Waals surface area contributed by atoms with E-state index < -0.39 is 0 Å². The molecule has 0 aromatic carbocycles. The molecule has 2 N–H and O–H groups in total. The van der Waals surface area contributed by atoms with Crippen molar-refractivity contribution in [3.8, 4) is 0 Å². The minimum atomic E-state index is 0.223. The highest BCUT2D eigenvalue weighted by atomic mass is 32.1. The van der Waals surface area contributed by atoms with Crippen LogP contribution >= 0.6 is 11.3 Å². The highest BCUT2D eigenvalue weighted by molar-refractivity contribution is 7.12. The van der Waals surface area contributed by atoms with Gasteiger partial charge in [0.05, 0.1) is 0 Å². The largest absolute Gasteiger partial charge is 0.381 e. The van der Waals surface area contributed by atoms with E-state index in [4.69, 9.17) is 10.5 Å². The van der Waals surface area contributed by atoms with Crippen LogP contribution in [0.1, 0.15) is 40.6 Å². The fourth-order valence-electron chi connectivity index (χ4n) is 2.24. The maximum absolute atomic E-state index is 6.28. The Hall–Kier alpha value is -0.380. The zero-order valence-electron chi connectivity index (χ0n) is 10.2. The van der Waals surface area contributed by atoms with Crippen molar-refractivity contribution in [2.75, 3.05) is 13.2 Å². The Morgan fingerprint density at radius 2 is 2.12 bits per heavy atom. The molecule has 2 rings (SSSR count). The summed E-state index contributed by atoms with van der Waals surface area (Å²) in [5.41, 5.74) is 7.65. The number of thiophene rings is 1. The summed E-state index contributed by atoms with van der Waals surface area (Å²) in [6.45, 7) is 6.17. The van der Waals surface area contributed by atoms with E-state index in [9.17, 15) is 0 Å². The average Bonchev–Trinajstić information content (AvgIpc) is 2.61. The molecule has 1 saturated heterocycles. The van der Waals surface area contributed by atoms with Gasteiger partial charge in [-0.2, -0.15) is 0 Å². The first-order chi connectivity index (χ1) is 7.66. The first kappa shape index (κ1) is 12.1. The molecule has 1 aromatic heterocycles. The van der Waals surface area contributed by atoms with Crippen LogP contribution in [0, 0.1) is 19.8 Å². The van der Waals surface area contributed by atoms with Crippen LogP contribution in [0.25, 0.3) is 0 Å². The fraction of sp³-hybridized carbons (Fsp3) is 0.692. The maximum atomic E-state index is 6.28. The Kier molecular flexibility index (Phi) is 4.00. The van der Waals surface area contributed by atoms with Gasteiger partial charge in [0.15, 0.2) is 0 Å². The van der Waals surface area contributed by atoms with E-state index in [0.29, 0.717) is 0 Å². The molecule has 1 aliphatic heterocycles. The second-order valence-corrected chi connectivity index (χ2v) is 6.07. The van der Waals surface area contributed by atoms with E-state index in [2.05, 4.69) is 19.9 Å². The van der Waals surface area contributed by atoms with Gasteiger partial charge in [-0.3, -0.25) is 0 Å². The quantitative estimate of drug-likeness (QED) is 0.879. The Morgan fingerprint density at radius 1 is 1.44 bits per heavy atom. The van der Waals surface area contributed by atoms with Gasteiger partial charge in [0, 0.05) is 29.0 Å². The number of ether oxygens (including phenoxy) is 1. The standard InChI is InChI=1S/C13H21NOS/c1-9-7-13(16-10(9)2)12(14)8-11-3-5-15-6-4-11/h7,11-12H,3-6,8,14H2,1-2H3. The summed E-state index contributed by atoms with van der Waals surface area (Å²) in [5.74, 6) is 0.756. The summed E-state index contributed by atoms with van der Waals surface area (Å²) in [6, 6.07) is 2.48. The molecular formula is C13H21NOS. The van der Waals surface area contributed by atoms with E-state index in [1.165, 1.54) is 28.2 Å². The number of hydrogen-bond donors (Lipinski definition) is 1. The summed E-state index contributed by atoms with van der Waals surface area (Å²) in [5, 5.41) is 0. The van der Waals surface area contributed by atoms with Crippen molar-refractivity contribution in [3.05, 3.63) is 21.4 Å². The molecular weight excluding hydrogens is 218 g/mol. The van der Waals surface area contributed by atoms with Crippen LogP contribution in [0.4, 0.5) is 0 Å². The van der Waals surface area contributed by atoms with Crippen LogP contribution in [-0.2, 0) is 4.74 Å². The van der Waals surface area contributed by atoms with Crippen LogP contribution in [0.2, 0.25) is 0 Å². The van der Waals surface area contributed by atoms with Gasteiger partial charge in [-0.05, 0) is 50.7 Å². The monoisotopic (exact) mass is 239 g/mol. The second-order valence-electron chi connectivity index (χ2n) is 4.79. The fourth-order valence-corrected chi connectivity index (χ4v) is 3.30. The lowest BCUT2D eigenvalue weighted by molar-refractivity contribution is 0.0619. The van der Waals surface area contributed by atoms with Crippen molar-refractivity contribution in [1.82, 2.24) is 0 Å². The van der Waals surface area contributed by atoms with Gasteiger partial charge < -0.3 is 10.5 Å². The third-order valence-corrected chi connectivity index (χ3v) is 4.76. The van der Waals surface area contributed by atoms with Crippen molar-refractivity contribution >= 4 is 11.3 Å². The van der Waals surface area contributed by atoms with Crippen molar-refractivity contribution < 1.29 is 4.74 Å².